The summed E-state index contributed by atoms with van der Waals surface area (Å²) in [6.07, 6.45) is -0.916. The molecule has 18 heavy (non-hydrogen) atoms. The quantitative estimate of drug-likeness (QED) is 0.455. The molecule has 0 bridgehead atoms. The average molecular weight is 261 g/mol. The van der Waals surface area contributed by atoms with Gasteiger partial charge in [0.1, 0.15) is 5.60 Å². The Kier molecular flexibility index (Phi) is 5.13. The van der Waals surface area contributed by atoms with Gasteiger partial charge in [0, 0.05) is 0 Å². The Morgan fingerprint density at radius 2 is 1.28 bits per heavy atom. The zero-order valence-corrected chi connectivity index (χ0v) is 11.4. The Morgan fingerprint density at radius 1 is 0.889 bits per heavy atom. The van der Waals surface area contributed by atoms with Crippen LogP contribution in [0.2, 0.25) is 0 Å². The van der Waals surface area contributed by atoms with Gasteiger partial charge in [-0.15, -0.1) is 0 Å². The molecule has 7 nitrogen and oxygen atoms in total. The highest BCUT2D eigenvalue weighted by Gasteiger charge is 2.46. The van der Waals surface area contributed by atoms with Gasteiger partial charge in [0.25, 0.3) is 0 Å². The van der Waals surface area contributed by atoms with Crippen molar-refractivity contribution in [1.82, 2.24) is 5.32 Å². The van der Waals surface area contributed by atoms with Crippen molar-refractivity contribution >= 4 is 18.0 Å². The van der Waals surface area contributed by atoms with Crippen molar-refractivity contribution in [3.63, 3.8) is 0 Å². The van der Waals surface area contributed by atoms with Crippen LogP contribution in [0.5, 0.6) is 0 Å². The summed E-state index contributed by atoms with van der Waals surface area (Å²) in [5.74, 6) is -1.89. The van der Waals surface area contributed by atoms with Crippen LogP contribution >= 0.6 is 0 Å². The lowest BCUT2D eigenvalue weighted by molar-refractivity contribution is -0.162. The molecule has 0 aliphatic rings. The molecule has 0 spiro atoms. The number of alkyl carbamates (subject to hydrolysis) is 1. The number of esters is 2. The van der Waals surface area contributed by atoms with Crippen molar-refractivity contribution in [2.24, 2.45) is 0 Å². The Balaban J connectivity index is 4.98. The van der Waals surface area contributed by atoms with E-state index in [2.05, 4.69) is 14.8 Å². The lowest BCUT2D eigenvalue weighted by Crippen LogP contribution is -2.59. The zero-order valence-electron chi connectivity index (χ0n) is 11.4. The molecule has 0 aromatic carbocycles. The molecule has 0 heterocycles. The van der Waals surface area contributed by atoms with E-state index in [-0.39, 0.29) is 0 Å². The number of nitrogens with one attached hydrogen (secondary N) is 1. The predicted molar refractivity (Wildman–Crippen MR) is 61.8 cm³/mol. The fraction of sp³-hybridized carbons (Fsp3) is 0.727. The molecule has 104 valence electrons. The Morgan fingerprint density at radius 3 is 1.56 bits per heavy atom. The van der Waals surface area contributed by atoms with Gasteiger partial charge in [0.05, 0.1) is 14.2 Å². The fourth-order valence-corrected chi connectivity index (χ4v) is 1.10. The van der Waals surface area contributed by atoms with E-state index in [4.69, 9.17) is 4.74 Å². The first-order chi connectivity index (χ1) is 8.06. The van der Waals surface area contributed by atoms with Crippen LogP contribution in [0.4, 0.5) is 4.79 Å². The average Bonchev–Trinajstić information content (AvgIpc) is 2.23. The van der Waals surface area contributed by atoms with Gasteiger partial charge in [-0.2, -0.15) is 0 Å². The number of hydrogen-bond acceptors (Lipinski definition) is 6. The van der Waals surface area contributed by atoms with Gasteiger partial charge in [-0.1, -0.05) is 0 Å². The van der Waals surface area contributed by atoms with E-state index in [0.717, 1.165) is 14.2 Å². The Labute approximate surface area is 106 Å². The molecule has 0 aromatic rings. The standard InChI is InChI=1S/C11H19NO6/c1-10(2,3)18-9(15)12-11(4,7(13)16-5)8(14)17-6/h1-6H3,(H,12,15). The van der Waals surface area contributed by atoms with E-state index in [9.17, 15) is 14.4 Å². The van der Waals surface area contributed by atoms with Crippen molar-refractivity contribution < 1.29 is 28.6 Å². The van der Waals surface area contributed by atoms with Gasteiger partial charge in [0.15, 0.2) is 0 Å². The number of carbonyl (C=O) groups is 3. The summed E-state index contributed by atoms with van der Waals surface area (Å²) in [6.45, 7) is 6.13. The molecular formula is C11H19NO6. The monoisotopic (exact) mass is 261 g/mol. The summed E-state index contributed by atoms with van der Waals surface area (Å²) >= 11 is 0. The minimum absolute atomic E-state index is 0.753. The van der Waals surface area contributed by atoms with E-state index >= 15 is 0 Å². The summed E-state index contributed by atoms with van der Waals surface area (Å²) in [6, 6.07) is 0. The molecule has 0 atom stereocenters. The van der Waals surface area contributed by atoms with Crippen LogP contribution in [0.15, 0.2) is 0 Å². The van der Waals surface area contributed by atoms with Gasteiger partial charge in [0.2, 0.25) is 5.54 Å². The normalized spacial score (nSPS) is 11.4. The lowest BCUT2D eigenvalue weighted by Gasteiger charge is -2.27. The first-order valence-corrected chi connectivity index (χ1v) is 5.25. The second-order valence-electron chi connectivity index (χ2n) is 4.74. The maximum atomic E-state index is 11.6. The lowest BCUT2D eigenvalue weighted by atomic mass is 10.0. The number of amides is 1. The molecule has 0 saturated heterocycles. The summed E-state index contributed by atoms with van der Waals surface area (Å²) in [7, 11) is 2.20. The third kappa shape index (κ3) is 4.23. The van der Waals surface area contributed by atoms with E-state index in [1.54, 1.807) is 20.8 Å². The highest BCUT2D eigenvalue weighted by Crippen LogP contribution is 2.12. The molecule has 7 heteroatoms. The van der Waals surface area contributed by atoms with Crippen LogP contribution in [-0.4, -0.2) is 43.4 Å². The third-order valence-electron chi connectivity index (χ3n) is 1.94. The predicted octanol–water partition coefficient (Wildman–Crippen LogP) is 0.616. The first kappa shape index (κ1) is 16.2. The molecule has 0 aromatic heterocycles. The largest absolute Gasteiger partial charge is 0.467 e. The number of methoxy groups -OCH3 is 2. The van der Waals surface area contributed by atoms with Crippen LogP contribution in [0.25, 0.3) is 0 Å². The topological polar surface area (TPSA) is 90.9 Å². The molecule has 0 radical (unpaired) electrons. The minimum atomic E-state index is -1.94. The molecule has 0 aliphatic heterocycles. The van der Waals surface area contributed by atoms with E-state index < -0.39 is 29.2 Å². The summed E-state index contributed by atoms with van der Waals surface area (Å²) in [5, 5.41) is 2.14. The Hall–Kier alpha value is -1.79. The molecule has 0 fully saturated rings. The number of ether oxygens (including phenoxy) is 3. The molecule has 0 unspecified atom stereocenters. The van der Waals surface area contributed by atoms with Crippen molar-refractivity contribution in [2.45, 2.75) is 38.8 Å². The van der Waals surface area contributed by atoms with Gasteiger partial charge < -0.3 is 14.2 Å². The number of rotatable bonds is 3. The van der Waals surface area contributed by atoms with E-state index in [0.29, 0.717) is 0 Å². The van der Waals surface area contributed by atoms with Gasteiger partial charge in [-0.3, -0.25) is 5.32 Å². The fourth-order valence-electron chi connectivity index (χ4n) is 1.10. The van der Waals surface area contributed by atoms with Gasteiger partial charge in [-0.05, 0) is 27.7 Å². The highest BCUT2D eigenvalue weighted by molar-refractivity contribution is 6.06. The molecule has 1 N–H and O–H groups in total. The third-order valence-corrected chi connectivity index (χ3v) is 1.94. The van der Waals surface area contributed by atoms with Crippen molar-refractivity contribution in [3.05, 3.63) is 0 Å². The van der Waals surface area contributed by atoms with E-state index in [1.807, 2.05) is 0 Å². The van der Waals surface area contributed by atoms with Crippen LogP contribution in [0, 0.1) is 0 Å². The maximum absolute atomic E-state index is 11.6. The van der Waals surface area contributed by atoms with Crippen molar-refractivity contribution in [1.29, 1.82) is 0 Å². The molecule has 1 amide bonds. The van der Waals surface area contributed by atoms with Gasteiger partial charge in [-0.25, -0.2) is 14.4 Å². The van der Waals surface area contributed by atoms with Gasteiger partial charge >= 0.3 is 18.0 Å². The minimum Gasteiger partial charge on any atom is -0.467 e. The highest BCUT2D eigenvalue weighted by atomic mass is 16.6. The smallest absolute Gasteiger partial charge is 0.409 e. The summed E-state index contributed by atoms with van der Waals surface area (Å²) in [4.78, 5) is 34.6. The number of hydrogen-bond donors (Lipinski definition) is 1. The second-order valence-corrected chi connectivity index (χ2v) is 4.74. The zero-order chi connectivity index (χ0) is 14.6. The number of carbonyl (C=O) groups excluding carboxylic acids is 3. The second kappa shape index (κ2) is 5.70. The van der Waals surface area contributed by atoms with E-state index in [1.165, 1.54) is 6.92 Å². The van der Waals surface area contributed by atoms with Crippen LogP contribution in [0.3, 0.4) is 0 Å². The van der Waals surface area contributed by atoms with Crippen LogP contribution in [0.1, 0.15) is 27.7 Å². The maximum Gasteiger partial charge on any atom is 0.409 e. The SMILES string of the molecule is COC(=O)C(C)(NC(=O)OC(C)(C)C)C(=O)OC. The first-order valence-electron chi connectivity index (χ1n) is 5.25. The van der Waals surface area contributed by atoms with Crippen LogP contribution in [-0.2, 0) is 23.8 Å². The summed E-state index contributed by atoms with van der Waals surface area (Å²) < 4.78 is 13.9. The molecule has 0 aliphatic carbocycles. The summed E-state index contributed by atoms with van der Waals surface area (Å²) in [5.41, 5.74) is -2.69. The van der Waals surface area contributed by atoms with Crippen molar-refractivity contribution in [3.8, 4) is 0 Å². The molecule has 0 saturated carbocycles. The Bertz CT molecular complexity index is 328. The van der Waals surface area contributed by atoms with Crippen LogP contribution < -0.4 is 5.32 Å². The molecule has 0 rings (SSSR count). The molecular weight excluding hydrogens is 242 g/mol. The van der Waals surface area contributed by atoms with Crippen molar-refractivity contribution in [2.75, 3.05) is 14.2 Å².